The third kappa shape index (κ3) is 9.55. The zero-order valence-corrected chi connectivity index (χ0v) is 21.1. The van der Waals surface area contributed by atoms with Crippen LogP contribution in [0, 0.1) is 11.3 Å². The summed E-state index contributed by atoms with van der Waals surface area (Å²) >= 11 is 0. The molecular formula is C29H29F2N3O5. The maximum absolute atomic E-state index is 14.6. The van der Waals surface area contributed by atoms with Crippen molar-refractivity contribution in [3.8, 4) is 23.3 Å². The normalized spacial score (nSPS) is 11.1. The van der Waals surface area contributed by atoms with Gasteiger partial charge in [0.1, 0.15) is 30.5 Å². The van der Waals surface area contributed by atoms with Crippen LogP contribution in [-0.4, -0.2) is 25.8 Å². The highest BCUT2D eigenvalue weighted by molar-refractivity contribution is 5.87. The highest BCUT2D eigenvalue weighted by Gasteiger charge is 2.34. The van der Waals surface area contributed by atoms with Gasteiger partial charge in [0, 0.05) is 18.2 Å². The summed E-state index contributed by atoms with van der Waals surface area (Å²) in [6.45, 7) is 0.512. The summed E-state index contributed by atoms with van der Waals surface area (Å²) in [5.74, 6) is 0.260. The predicted octanol–water partition coefficient (Wildman–Crippen LogP) is 5.69. The van der Waals surface area contributed by atoms with Crippen LogP contribution in [0.1, 0.15) is 30.4 Å². The molecule has 0 bridgehead atoms. The summed E-state index contributed by atoms with van der Waals surface area (Å²) < 4.78 is 50.2. The second-order valence-corrected chi connectivity index (χ2v) is 8.32. The van der Waals surface area contributed by atoms with Gasteiger partial charge < -0.3 is 30.4 Å². The van der Waals surface area contributed by atoms with Crippen molar-refractivity contribution in [3.63, 3.8) is 0 Å². The van der Waals surface area contributed by atoms with Crippen LogP contribution >= 0.6 is 0 Å². The summed E-state index contributed by atoms with van der Waals surface area (Å²) in [5.41, 5.74) is 12.6. The molecule has 3 aromatic rings. The Kier molecular flexibility index (Phi) is 10.5. The summed E-state index contributed by atoms with van der Waals surface area (Å²) in [6.07, 6.45) is 1.02. The molecule has 0 saturated carbocycles. The van der Waals surface area contributed by atoms with Gasteiger partial charge in [-0.15, -0.1) is 0 Å². The van der Waals surface area contributed by atoms with E-state index in [1.165, 1.54) is 60.7 Å². The van der Waals surface area contributed by atoms with Crippen LogP contribution < -0.4 is 25.7 Å². The van der Waals surface area contributed by atoms with Gasteiger partial charge in [0.2, 0.25) is 0 Å². The molecule has 0 unspecified atom stereocenters. The molecule has 0 atom stereocenters. The number of halogens is 2. The number of nitriles is 1. The monoisotopic (exact) mass is 537 g/mol. The second kappa shape index (κ2) is 14.2. The Balaban J connectivity index is 1.43. The molecule has 0 amide bonds. The van der Waals surface area contributed by atoms with E-state index < -0.39 is 12.1 Å². The fraction of sp³-hybridized carbons (Fsp3) is 0.241. The van der Waals surface area contributed by atoms with Crippen molar-refractivity contribution >= 4 is 23.4 Å². The maximum Gasteiger partial charge on any atom is 0.426 e. The third-order valence-corrected chi connectivity index (χ3v) is 5.30. The third-order valence-electron chi connectivity index (χ3n) is 5.30. The van der Waals surface area contributed by atoms with Crippen LogP contribution in [0.5, 0.6) is 17.2 Å². The number of nitrogens with two attached hydrogens (primary N) is 2. The molecular weight excluding hydrogens is 508 g/mol. The number of carbonyl (C=O) groups is 1. The van der Waals surface area contributed by atoms with Crippen LogP contribution in [0.15, 0.2) is 72.8 Å². The molecule has 3 rings (SSSR count). The molecule has 204 valence electrons. The molecule has 0 aliphatic rings. The zero-order valence-electron chi connectivity index (χ0n) is 21.1. The Hall–Kier alpha value is -4.78. The lowest BCUT2D eigenvalue weighted by Crippen LogP contribution is -2.21. The van der Waals surface area contributed by atoms with E-state index in [-0.39, 0.29) is 24.5 Å². The highest BCUT2D eigenvalue weighted by atomic mass is 19.3. The topological polar surface area (TPSA) is 130 Å². The smallest absolute Gasteiger partial charge is 0.426 e. The Morgan fingerprint density at radius 2 is 1.62 bits per heavy atom. The first kappa shape index (κ1) is 28.8. The molecule has 10 heteroatoms. The number of alkyl halides is 2. The van der Waals surface area contributed by atoms with Gasteiger partial charge in [-0.2, -0.15) is 14.0 Å². The Morgan fingerprint density at radius 3 is 2.31 bits per heavy atom. The minimum Gasteiger partial charge on any atom is -0.494 e. The van der Waals surface area contributed by atoms with Gasteiger partial charge in [-0.25, -0.2) is 4.79 Å². The van der Waals surface area contributed by atoms with E-state index in [4.69, 9.17) is 35.7 Å². The van der Waals surface area contributed by atoms with Crippen molar-refractivity contribution in [2.24, 2.45) is 0 Å². The SMILES string of the molecule is N#CCCCCOc1ccc(C(F)(F)Oc2ccc(/C=C/C(=O)OCCOc3ccc(N)cc3N)cc2)cc1. The van der Waals surface area contributed by atoms with Gasteiger partial charge in [0.15, 0.2) is 0 Å². The van der Waals surface area contributed by atoms with Crippen molar-refractivity contribution in [1.82, 2.24) is 0 Å². The van der Waals surface area contributed by atoms with Gasteiger partial charge >= 0.3 is 12.1 Å². The first-order valence-corrected chi connectivity index (χ1v) is 12.2. The molecule has 0 heterocycles. The summed E-state index contributed by atoms with van der Waals surface area (Å²) in [4.78, 5) is 11.9. The van der Waals surface area contributed by atoms with Crippen LogP contribution in [0.25, 0.3) is 6.08 Å². The quantitative estimate of drug-likeness (QED) is 0.116. The highest BCUT2D eigenvalue weighted by Crippen LogP contribution is 2.32. The number of carbonyl (C=O) groups excluding carboxylic acids is 1. The van der Waals surface area contributed by atoms with Gasteiger partial charge in [0.05, 0.1) is 23.9 Å². The first-order chi connectivity index (χ1) is 18.8. The lowest BCUT2D eigenvalue weighted by atomic mass is 10.2. The van der Waals surface area contributed by atoms with E-state index in [0.717, 1.165) is 6.42 Å². The van der Waals surface area contributed by atoms with Gasteiger partial charge in [-0.3, -0.25) is 0 Å². The molecule has 0 spiro atoms. The fourth-order valence-electron chi connectivity index (χ4n) is 3.30. The van der Waals surface area contributed by atoms with E-state index >= 15 is 0 Å². The molecule has 0 saturated heterocycles. The molecule has 3 aromatic carbocycles. The van der Waals surface area contributed by atoms with Crippen LogP contribution in [-0.2, 0) is 15.6 Å². The minimum atomic E-state index is -3.56. The first-order valence-electron chi connectivity index (χ1n) is 12.2. The largest absolute Gasteiger partial charge is 0.494 e. The summed E-state index contributed by atoms with van der Waals surface area (Å²) in [7, 11) is 0. The second-order valence-electron chi connectivity index (χ2n) is 8.32. The van der Waals surface area contributed by atoms with E-state index in [1.54, 1.807) is 18.2 Å². The summed E-state index contributed by atoms with van der Waals surface area (Å²) in [6, 6.07) is 18.1. The van der Waals surface area contributed by atoms with E-state index in [1.807, 2.05) is 0 Å². The van der Waals surface area contributed by atoms with Crippen molar-refractivity contribution in [2.75, 3.05) is 31.3 Å². The molecule has 4 N–H and O–H groups in total. The number of hydrogen-bond acceptors (Lipinski definition) is 8. The van der Waals surface area contributed by atoms with Crippen molar-refractivity contribution in [3.05, 3.63) is 83.9 Å². The van der Waals surface area contributed by atoms with E-state index in [9.17, 15) is 13.6 Å². The van der Waals surface area contributed by atoms with E-state index in [2.05, 4.69) is 6.07 Å². The molecule has 0 fully saturated rings. The number of anilines is 2. The van der Waals surface area contributed by atoms with Gasteiger partial charge in [-0.1, -0.05) is 12.1 Å². The Labute approximate surface area is 225 Å². The molecule has 0 aromatic heterocycles. The summed E-state index contributed by atoms with van der Waals surface area (Å²) in [5, 5.41) is 8.52. The number of esters is 1. The molecule has 0 aliphatic carbocycles. The lowest BCUT2D eigenvalue weighted by Gasteiger charge is -2.18. The van der Waals surface area contributed by atoms with Crippen molar-refractivity contribution < 1.29 is 32.5 Å². The number of nitrogens with zero attached hydrogens (tertiary/aromatic N) is 1. The standard InChI is InChI=1S/C29H29F2N3O5/c30-29(31,22-7-12-24(13-8-22)36-17-3-1-2-16-32)39-25-10-4-21(5-11-25)6-15-28(35)38-19-18-37-27-14-9-23(33)20-26(27)34/h4-15,20H,1-3,17-19,33-34H2/b15-6+. The Morgan fingerprint density at radius 1 is 0.897 bits per heavy atom. The molecule has 39 heavy (non-hydrogen) atoms. The molecule has 8 nitrogen and oxygen atoms in total. The zero-order chi connectivity index (χ0) is 28.1. The van der Waals surface area contributed by atoms with Crippen molar-refractivity contribution in [2.45, 2.75) is 25.4 Å². The number of rotatable bonds is 14. The van der Waals surface area contributed by atoms with Crippen LogP contribution in [0.4, 0.5) is 20.2 Å². The number of benzene rings is 3. The van der Waals surface area contributed by atoms with Crippen LogP contribution in [0.2, 0.25) is 0 Å². The van der Waals surface area contributed by atoms with Crippen molar-refractivity contribution in [1.29, 1.82) is 5.26 Å². The Bertz CT molecular complexity index is 1290. The molecule has 0 aliphatic heterocycles. The lowest BCUT2D eigenvalue weighted by molar-refractivity contribution is -0.185. The average molecular weight is 538 g/mol. The fourth-order valence-corrected chi connectivity index (χ4v) is 3.30. The van der Waals surface area contributed by atoms with Gasteiger partial charge in [-0.05, 0) is 79.1 Å². The van der Waals surface area contributed by atoms with Crippen LogP contribution in [0.3, 0.4) is 0 Å². The number of ether oxygens (including phenoxy) is 4. The number of hydrogen-bond donors (Lipinski definition) is 2. The average Bonchev–Trinajstić information content (AvgIpc) is 2.91. The number of nitrogen functional groups attached to an aromatic ring is 2. The minimum absolute atomic E-state index is 0.00426. The predicted molar refractivity (Wildman–Crippen MR) is 143 cm³/mol. The molecule has 0 radical (unpaired) electrons. The maximum atomic E-state index is 14.6. The number of unbranched alkanes of at least 4 members (excludes halogenated alkanes) is 2. The van der Waals surface area contributed by atoms with Gasteiger partial charge in [0.25, 0.3) is 0 Å². The van der Waals surface area contributed by atoms with E-state index in [0.29, 0.717) is 47.9 Å².